The van der Waals surface area contributed by atoms with Gasteiger partial charge in [-0.1, -0.05) is 79.5 Å². The number of ether oxygens (including phenoxy) is 1. The number of aliphatic hydroxyl groups is 1. The molecule has 0 atom stereocenters. The van der Waals surface area contributed by atoms with E-state index in [0.29, 0.717) is 17.5 Å². The summed E-state index contributed by atoms with van der Waals surface area (Å²) in [7, 11) is 1.00. The number of aromatic nitrogens is 1. The summed E-state index contributed by atoms with van der Waals surface area (Å²) < 4.78 is 6.18. The molecule has 0 radical (unpaired) electrons. The van der Waals surface area contributed by atoms with Crippen molar-refractivity contribution >= 4 is 29.5 Å². The van der Waals surface area contributed by atoms with Crippen LogP contribution in [0.5, 0.6) is 5.75 Å². The van der Waals surface area contributed by atoms with Crippen LogP contribution >= 0.6 is 23.2 Å². The molecule has 6 heteroatoms. The summed E-state index contributed by atoms with van der Waals surface area (Å²) in [5.41, 5.74) is 9.61. The summed E-state index contributed by atoms with van der Waals surface area (Å²) in [6.07, 6.45) is 7.86. The number of benzene rings is 3. The standard InChI is InChI=1S/C24H25Cl2NO.C10H10O.CH4O/c1-3-15-7-5-10-20(26)22(15)23-19(14-28-18-9-6-8-17(25)13-18)24(16-11-12-16)27-21(23)4-2;11-7-8-1-3-9(4-2-8)10-5-6-10;1-2/h5-10,13,16,27H,3-4,11-12,14H2,1-2H3;1-4,7,10H,5-6H2;2H,1H3. The van der Waals surface area contributed by atoms with Crippen LogP contribution in [0.3, 0.4) is 0 Å². The monoisotopic (exact) mass is 591 g/mol. The predicted octanol–water partition coefficient (Wildman–Crippen LogP) is 9.55. The van der Waals surface area contributed by atoms with Gasteiger partial charge in [-0.05, 0) is 85.8 Å². The van der Waals surface area contributed by atoms with Gasteiger partial charge in [-0.2, -0.15) is 0 Å². The minimum Gasteiger partial charge on any atom is -0.489 e. The third-order valence-corrected chi connectivity index (χ3v) is 8.13. The van der Waals surface area contributed by atoms with Crippen LogP contribution < -0.4 is 4.74 Å². The lowest BCUT2D eigenvalue weighted by molar-refractivity contribution is 0.112. The van der Waals surface area contributed by atoms with E-state index < -0.39 is 0 Å². The maximum atomic E-state index is 10.3. The maximum absolute atomic E-state index is 10.3. The molecule has 2 saturated carbocycles. The fraction of sp³-hybridized carbons (Fsp3) is 0.343. The molecule has 4 nitrogen and oxygen atoms in total. The summed E-state index contributed by atoms with van der Waals surface area (Å²) in [6, 6.07) is 21.7. The molecule has 0 aliphatic heterocycles. The zero-order chi connectivity index (χ0) is 29.4. The number of rotatable bonds is 9. The van der Waals surface area contributed by atoms with Gasteiger partial charge in [-0.3, -0.25) is 4.79 Å². The van der Waals surface area contributed by atoms with Gasteiger partial charge in [0.1, 0.15) is 18.6 Å². The van der Waals surface area contributed by atoms with Crippen LogP contribution in [0.25, 0.3) is 11.1 Å². The summed E-state index contributed by atoms with van der Waals surface area (Å²) in [6.45, 7) is 4.87. The smallest absolute Gasteiger partial charge is 0.150 e. The predicted molar refractivity (Wildman–Crippen MR) is 170 cm³/mol. The SMILES string of the molecule is CCc1cccc(Cl)c1-c1c(CC)[nH]c(C2CC2)c1COc1cccc(Cl)c1.CO.O=Cc1ccc(C2CC2)cc1. The van der Waals surface area contributed by atoms with Crippen molar-refractivity contribution in [1.29, 1.82) is 0 Å². The number of carbonyl (C=O) groups excluding carboxylic acids is 1. The normalized spacial score (nSPS) is 13.9. The van der Waals surface area contributed by atoms with E-state index in [1.54, 1.807) is 0 Å². The van der Waals surface area contributed by atoms with Gasteiger partial charge in [0.25, 0.3) is 0 Å². The molecule has 6 rings (SSSR count). The molecule has 0 saturated heterocycles. The first-order valence-electron chi connectivity index (χ1n) is 14.4. The Kier molecular flexibility index (Phi) is 11.1. The molecule has 41 heavy (non-hydrogen) atoms. The van der Waals surface area contributed by atoms with Crippen LogP contribution in [0.2, 0.25) is 10.0 Å². The molecule has 0 amide bonds. The van der Waals surface area contributed by atoms with Crippen molar-refractivity contribution in [2.45, 2.75) is 70.8 Å². The summed E-state index contributed by atoms with van der Waals surface area (Å²) in [5, 5.41) is 8.49. The highest BCUT2D eigenvalue weighted by molar-refractivity contribution is 6.33. The Balaban J connectivity index is 0.000000247. The van der Waals surface area contributed by atoms with E-state index in [-0.39, 0.29) is 0 Å². The van der Waals surface area contributed by atoms with Gasteiger partial charge < -0.3 is 14.8 Å². The van der Waals surface area contributed by atoms with Crippen molar-refractivity contribution in [1.82, 2.24) is 4.98 Å². The number of carbonyl (C=O) groups is 1. The Morgan fingerprint density at radius 2 is 1.56 bits per heavy atom. The Labute approximate surface area is 253 Å². The van der Waals surface area contributed by atoms with E-state index in [2.05, 4.69) is 37.0 Å². The van der Waals surface area contributed by atoms with E-state index in [9.17, 15) is 4.79 Å². The average molecular weight is 593 g/mol. The molecule has 0 unspecified atom stereocenters. The van der Waals surface area contributed by atoms with Crippen molar-refractivity contribution in [3.8, 4) is 16.9 Å². The molecule has 0 spiro atoms. The Morgan fingerprint density at radius 3 is 2.15 bits per heavy atom. The Hall–Kier alpha value is -3.05. The van der Waals surface area contributed by atoms with E-state index >= 15 is 0 Å². The minimum absolute atomic E-state index is 0.506. The molecule has 4 aromatic rings. The lowest BCUT2D eigenvalue weighted by Crippen LogP contribution is -2.01. The third kappa shape index (κ3) is 7.82. The van der Waals surface area contributed by atoms with E-state index in [1.165, 1.54) is 59.3 Å². The Bertz CT molecular complexity index is 1440. The van der Waals surface area contributed by atoms with E-state index in [1.807, 2.05) is 48.5 Å². The molecule has 2 aliphatic carbocycles. The van der Waals surface area contributed by atoms with Crippen molar-refractivity contribution in [3.05, 3.63) is 110 Å². The molecule has 216 valence electrons. The highest BCUT2D eigenvalue weighted by Crippen LogP contribution is 2.47. The van der Waals surface area contributed by atoms with Gasteiger partial charge in [0, 0.05) is 50.8 Å². The summed E-state index contributed by atoms with van der Waals surface area (Å²) in [4.78, 5) is 14.0. The quantitative estimate of drug-likeness (QED) is 0.190. The number of aldehydes is 1. The van der Waals surface area contributed by atoms with Gasteiger partial charge in [-0.15, -0.1) is 0 Å². The lowest BCUT2D eigenvalue weighted by atomic mass is 9.93. The summed E-state index contributed by atoms with van der Waals surface area (Å²) in [5.74, 6) is 2.18. The van der Waals surface area contributed by atoms with Gasteiger partial charge in [0.15, 0.2) is 0 Å². The molecule has 1 aromatic heterocycles. The third-order valence-electron chi connectivity index (χ3n) is 7.58. The molecule has 0 bridgehead atoms. The van der Waals surface area contributed by atoms with Crippen LogP contribution in [0.4, 0.5) is 0 Å². The van der Waals surface area contributed by atoms with Crippen LogP contribution in [0, 0.1) is 0 Å². The largest absolute Gasteiger partial charge is 0.489 e. The molecular formula is C35H39Cl2NO3. The highest BCUT2D eigenvalue weighted by Gasteiger charge is 2.32. The second-order valence-corrected chi connectivity index (χ2v) is 11.3. The van der Waals surface area contributed by atoms with Gasteiger partial charge in [0.05, 0.1) is 0 Å². The minimum atomic E-state index is 0.506. The number of nitrogens with one attached hydrogen (secondary N) is 1. The Morgan fingerprint density at radius 1 is 0.878 bits per heavy atom. The number of hydrogen-bond acceptors (Lipinski definition) is 3. The topological polar surface area (TPSA) is 62.3 Å². The van der Waals surface area contributed by atoms with Crippen LogP contribution in [-0.4, -0.2) is 23.5 Å². The summed E-state index contributed by atoms with van der Waals surface area (Å²) >= 11 is 12.8. The number of aromatic amines is 1. The number of halogens is 2. The van der Waals surface area contributed by atoms with E-state index in [4.69, 9.17) is 33.0 Å². The number of aliphatic hydroxyl groups excluding tert-OH is 1. The van der Waals surface area contributed by atoms with Crippen molar-refractivity contribution in [2.75, 3.05) is 7.11 Å². The van der Waals surface area contributed by atoms with Crippen molar-refractivity contribution < 1.29 is 14.6 Å². The maximum Gasteiger partial charge on any atom is 0.150 e. The number of hydrogen-bond donors (Lipinski definition) is 2. The molecule has 2 N–H and O–H groups in total. The van der Waals surface area contributed by atoms with Crippen LogP contribution in [0.1, 0.15) is 89.8 Å². The van der Waals surface area contributed by atoms with Crippen LogP contribution in [0.15, 0.2) is 66.7 Å². The molecule has 1 heterocycles. The van der Waals surface area contributed by atoms with Gasteiger partial charge in [-0.25, -0.2) is 0 Å². The van der Waals surface area contributed by atoms with Gasteiger partial charge in [0.2, 0.25) is 0 Å². The van der Waals surface area contributed by atoms with Crippen LogP contribution in [-0.2, 0) is 19.4 Å². The zero-order valence-electron chi connectivity index (χ0n) is 24.1. The number of H-pyrrole nitrogens is 1. The second kappa shape index (κ2) is 14.7. The fourth-order valence-corrected chi connectivity index (χ4v) is 5.64. The van der Waals surface area contributed by atoms with Crippen molar-refractivity contribution in [3.63, 3.8) is 0 Å². The average Bonchev–Trinajstić information content (AvgIpc) is 3.95. The molecular weight excluding hydrogens is 553 g/mol. The first kappa shape index (κ1) is 30.9. The molecule has 3 aromatic carbocycles. The second-order valence-electron chi connectivity index (χ2n) is 10.4. The first-order valence-corrected chi connectivity index (χ1v) is 15.2. The van der Waals surface area contributed by atoms with Gasteiger partial charge >= 0.3 is 0 Å². The number of aryl methyl sites for hydroxylation is 2. The zero-order valence-corrected chi connectivity index (χ0v) is 25.6. The first-order chi connectivity index (χ1) is 20.0. The van der Waals surface area contributed by atoms with E-state index in [0.717, 1.165) is 54.1 Å². The fourth-order valence-electron chi connectivity index (χ4n) is 5.17. The molecule has 2 aliphatic rings. The molecule has 2 fully saturated rings. The lowest BCUT2D eigenvalue weighted by Gasteiger charge is -2.15. The highest BCUT2D eigenvalue weighted by atomic mass is 35.5. The van der Waals surface area contributed by atoms with Crippen molar-refractivity contribution in [2.24, 2.45) is 0 Å².